The Kier molecular flexibility index (Phi) is 6.58. The smallest absolute Gasteiger partial charge is 0.141 e. The Morgan fingerprint density at radius 1 is 1.28 bits per heavy atom. The van der Waals surface area contributed by atoms with E-state index in [-0.39, 0.29) is 0 Å². The van der Waals surface area contributed by atoms with Gasteiger partial charge in [-0.2, -0.15) is 0 Å². The van der Waals surface area contributed by atoms with Gasteiger partial charge in [-0.1, -0.05) is 19.9 Å². The van der Waals surface area contributed by atoms with Crippen molar-refractivity contribution in [3.8, 4) is 5.75 Å². The molecule has 102 valence electrons. The lowest BCUT2D eigenvalue weighted by Crippen LogP contribution is -2.18. The first-order valence-electron chi connectivity index (χ1n) is 6.76. The summed E-state index contributed by atoms with van der Waals surface area (Å²) in [5.41, 5.74) is 7.88. The van der Waals surface area contributed by atoms with Crippen LogP contribution in [-0.4, -0.2) is 20.2 Å². The first-order chi connectivity index (χ1) is 8.63. The highest BCUT2D eigenvalue weighted by Crippen LogP contribution is 2.22. The fourth-order valence-corrected chi connectivity index (χ4v) is 1.87. The maximum absolute atomic E-state index is 5.88. The van der Waals surface area contributed by atoms with Crippen molar-refractivity contribution in [2.75, 3.05) is 25.9 Å². The van der Waals surface area contributed by atoms with Gasteiger partial charge in [-0.15, -0.1) is 0 Å². The Morgan fingerprint density at radius 2 is 2.06 bits per heavy atom. The van der Waals surface area contributed by atoms with E-state index in [0.717, 1.165) is 43.3 Å². The third-order valence-electron chi connectivity index (χ3n) is 3.01. The fraction of sp³-hybridized carbons (Fsp3) is 0.600. The topological polar surface area (TPSA) is 47.3 Å². The highest BCUT2D eigenvalue weighted by Gasteiger charge is 2.00. The third kappa shape index (κ3) is 5.41. The predicted octanol–water partition coefficient (Wildman–Crippen LogP) is 2.85. The molecule has 3 nitrogen and oxygen atoms in total. The molecule has 1 aromatic rings. The second-order valence-corrected chi connectivity index (χ2v) is 5.11. The highest BCUT2D eigenvalue weighted by molar-refractivity contribution is 5.54. The summed E-state index contributed by atoms with van der Waals surface area (Å²) in [6.07, 6.45) is 3.45. The lowest BCUT2D eigenvalue weighted by Gasteiger charge is -2.08. The van der Waals surface area contributed by atoms with Crippen molar-refractivity contribution in [3.05, 3.63) is 23.8 Å². The van der Waals surface area contributed by atoms with Crippen LogP contribution in [0.5, 0.6) is 5.75 Å². The number of nitrogens with two attached hydrogens (primary N) is 1. The minimum absolute atomic E-state index is 0.725. The van der Waals surface area contributed by atoms with Gasteiger partial charge in [-0.25, -0.2) is 0 Å². The summed E-state index contributed by atoms with van der Waals surface area (Å²) in [5, 5.41) is 3.47. The van der Waals surface area contributed by atoms with Crippen molar-refractivity contribution in [2.45, 2.75) is 33.1 Å². The zero-order valence-electron chi connectivity index (χ0n) is 11.8. The average molecular weight is 250 g/mol. The van der Waals surface area contributed by atoms with Crippen molar-refractivity contribution < 1.29 is 4.74 Å². The second kappa shape index (κ2) is 7.98. The van der Waals surface area contributed by atoms with Crippen molar-refractivity contribution >= 4 is 5.69 Å². The van der Waals surface area contributed by atoms with E-state index in [1.54, 1.807) is 7.11 Å². The SMILES string of the molecule is COc1ccc(CCCNCCC(C)C)cc1N. The molecule has 18 heavy (non-hydrogen) atoms. The maximum atomic E-state index is 5.88. The van der Waals surface area contributed by atoms with Crippen molar-refractivity contribution in [1.29, 1.82) is 0 Å². The number of anilines is 1. The van der Waals surface area contributed by atoms with E-state index in [1.165, 1.54) is 12.0 Å². The molecular formula is C15H26N2O. The molecule has 0 saturated carbocycles. The van der Waals surface area contributed by atoms with Gasteiger partial charge in [-0.3, -0.25) is 0 Å². The van der Waals surface area contributed by atoms with Crippen molar-refractivity contribution in [1.82, 2.24) is 5.32 Å². The minimum atomic E-state index is 0.725. The summed E-state index contributed by atoms with van der Waals surface area (Å²) in [4.78, 5) is 0. The fourth-order valence-electron chi connectivity index (χ4n) is 1.87. The number of methoxy groups -OCH3 is 1. The largest absolute Gasteiger partial charge is 0.495 e. The molecule has 0 spiro atoms. The second-order valence-electron chi connectivity index (χ2n) is 5.11. The van der Waals surface area contributed by atoms with Gasteiger partial charge >= 0.3 is 0 Å². The van der Waals surface area contributed by atoms with Gasteiger partial charge in [0.05, 0.1) is 12.8 Å². The number of hydrogen-bond donors (Lipinski definition) is 2. The van der Waals surface area contributed by atoms with Crippen LogP contribution in [0.3, 0.4) is 0 Å². The van der Waals surface area contributed by atoms with Gasteiger partial charge < -0.3 is 15.8 Å². The molecular weight excluding hydrogens is 224 g/mol. The number of ether oxygens (including phenoxy) is 1. The molecule has 0 saturated heterocycles. The number of benzene rings is 1. The Bertz CT molecular complexity index is 350. The van der Waals surface area contributed by atoms with Gasteiger partial charge in [-0.05, 0) is 56.0 Å². The van der Waals surface area contributed by atoms with Crippen LogP contribution in [0.15, 0.2) is 18.2 Å². The van der Waals surface area contributed by atoms with Crippen LogP contribution in [0.25, 0.3) is 0 Å². The lowest BCUT2D eigenvalue weighted by atomic mass is 10.1. The molecule has 0 unspecified atom stereocenters. The Hall–Kier alpha value is -1.22. The first-order valence-corrected chi connectivity index (χ1v) is 6.76. The summed E-state index contributed by atoms with van der Waals surface area (Å²) < 4.78 is 5.14. The molecule has 0 bridgehead atoms. The molecule has 3 heteroatoms. The van der Waals surface area contributed by atoms with E-state index < -0.39 is 0 Å². The van der Waals surface area contributed by atoms with E-state index >= 15 is 0 Å². The Labute approximate surface area is 111 Å². The zero-order chi connectivity index (χ0) is 13.4. The highest BCUT2D eigenvalue weighted by atomic mass is 16.5. The minimum Gasteiger partial charge on any atom is -0.495 e. The number of nitrogen functional groups attached to an aromatic ring is 1. The van der Waals surface area contributed by atoms with E-state index in [9.17, 15) is 0 Å². The molecule has 0 fully saturated rings. The maximum Gasteiger partial charge on any atom is 0.141 e. The molecule has 0 aliphatic carbocycles. The van der Waals surface area contributed by atoms with Crippen LogP contribution in [-0.2, 0) is 6.42 Å². The summed E-state index contributed by atoms with van der Waals surface area (Å²) in [7, 11) is 1.64. The first kappa shape index (κ1) is 14.8. The van der Waals surface area contributed by atoms with E-state index in [4.69, 9.17) is 10.5 Å². The molecule has 0 aliphatic rings. The molecule has 0 radical (unpaired) electrons. The summed E-state index contributed by atoms with van der Waals surface area (Å²) in [6.45, 7) is 6.69. The Morgan fingerprint density at radius 3 is 2.67 bits per heavy atom. The average Bonchev–Trinajstić information content (AvgIpc) is 2.33. The molecule has 0 aliphatic heterocycles. The van der Waals surface area contributed by atoms with Gasteiger partial charge in [0, 0.05) is 0 Å². The third-order valence-corrected chi connectivity index (χ3v) is 3.01. The quantitative estimate of drug-likeness (QED) is 0.551. The molecule has 3 N–H and O–H groups in total. The Balaban J connectivity index is 2.21. The van der Waals surface area contributed by atoms with Crippen LogP contribution in [0.1, 0.15) is 32.3 Å². The van der Waals surface area contributed by atoms with Crippen LogP contribution in [0.2, 0.25) is 0 Å². The molecule has 1 rings (SSSR count). The van der Waals surface area contributed by atoms with Crippen LogP contribution < -0.4 is 15.8 Å². The number of rotatable bonds is 8. The van der Waals surface area contributed by atoms with E-state index in [0.29, 0.717) is 0 Å². The predicted molar refractivity (Wildman–Crippen MR) is 78.1 cm³/mol. The van der Waals surface area contributed by atoms with Gasteiger partial charge in [0.2, 0.25) is 0 Å². The van der Waals surface area contributed by atoms with E-state index in [2.05, 4.69) is 25.2 Å². The standard InChI is InChI=1S/C15H26N2O/c1-12(2)8-10-17-9-4-5-13-6-7-15(18-3)14(16)11-13/h6-7,11-12,17H,4-5,8-10,16H2,1-3H3. The van der Waals surface area contributed by atoms with Crippen LogP contribution in [0.4, 0.5) is 5.69 Å². The normalized spacial score (nSPS) is 10.9. The van der Waals surface area contributed by atoms with E-state index in [1.807, 2.05) is 12.1 Å². The monoisotopic (exact) mass is 250 g/mol. The summed E-state index contributed by atoms with van der Waals surface area (Å²) in [6, 6.07) is 6.03. The summed E-state index contributed by atoms with van der Waals surface area (Å²) >= 11 is 0. The molecule has 0 aromatic heterocycles. The molecule has 0 heterocycles. The van der Waals surface area contributed by atoms with Crippen molar-refractivity contribution in [2.24, 2.45) is 5.92 Å². The molecule has 0 atom stereocenters. The zero-order valence-corrected chi connectivity index (χ0v) is 11.8. The number of aryl methyl sites for hydroxylation is 1. The van der Waals surface area contributed by atoms with Gasteiger partial charge in [0.25, 0.3) is 0 Å². The van der Waals surface area contributed by atoms with Gasteiger partial charge in [0.1, 0.15) is 5.75 Å². The lowest BCUT2D eigenvalue weighted by molar-refractivity contribution is 0.417. The molecule has 1 aromatic carbocycles. The van der Waals surface area contributed by atoms with Crippen LogP contribution >= 0.6 is 0 Å². The van der Waals surface area contributed by atoms with Gasteiger partial charge in [0.15, 0.2) is 0 Å². The van der Waals surface area contributed by atoms with Crippen LogP contribution in [0, 0.1) is 5.92 Å². The molecule has 0 amide bonds. The van der Waals surface area contributed by atoms with Crippen molar-refractivity contribution in [3.63, 3.8) is 0 Å². The number of nitrogens with one attached hydrogen (secondary N) is 1. The number of hydrogen-bond acceptors (Lipinski definition) is 3. The summed E-state index contributed by atoms with van der Waals surface area (Å²) in [5.74, 6) is 1.53.